The highest BCUT2D eigenvalue weighted by Crippen LogP contribution is 2.37. The Labute approximate surface area is 49.5 Å². The van der Waals surface area contributed by atoms with Gasteiger partial charge in [-0.15, -0.1) is 0 Å². The summed E-state index contributed by atoms with van der Waals surface area (Å²) in [5, 5.41) is 8.79. The van der Waals surface area contributed by atoms with Crippen molar-refractivity contribution >= 4 is 0 Å². The van der Waals surface area contributed by atoms with Crippen molar-refractivity contribution in [1.82, 2.24) is 0 Å². The molecular formula is C6H12O2. The molecule has 0 aromatic heterocycles. The summed E-state index contributed by atoms with van der Waals surface area (Å²) in [5.74, 6) is 0. The van der Waals surface area contributed by atoms with Gasteiger partial charge in [0.15, 0.2) is 6.29 Å². The molecule has 0 aliphatic carbocycles. The molecule has 48 valence electrons. The van der Waals surface area contributed by atoms with Crippen molar-refractivity contribution in [1.29, 1.82) is 0 Å². The van der Waals surface area contributed by atoms with E-state index in [2.05, 4.69) is 6.92 Å². The van der Waals surface area contributed by atoms with Gasteiger partial charge in [-0.05, 0) is 13.3 Å². The quantitative estimate of drug-likeness (QED) is 0.543. The highest BCUT2D eigenvalue weighted by atomic mass is 16.7. The molecule has 8 heavy (non-hydrogen) atoms. The minimum absolute atomic E-state index is 0.186. The van der Waals surface area contributed by atoms with Gasteiger partial charge in [0.1, 0.15) is 5.60 Å². The van der Waals surface area contributed by atoms with Crippen LogP contribution in [0, 0.1) is 0 Å². The van der Waals surface area contributed by atoms with E-state index in [0.717, 1.165) is 12.8 Å². The fourth-order valence-corrected chi connectivity index (χ4v) is 0.900. The van der Waals surface area contributed by atoms with Gasteiger partial charge in [0, 0.05) is 0 Å². The molecule has 1 aliphatic heterocycles. The maximum atomic E-state index is 8.79. The van der Waals surface area contributed by atoms with Gasteiger partial charge in [0.25, 0.3) is 0 Å². The number of rotatable bonds is 2. The summed E-state index contributed by atoms with van der Waals surface area (Å²) in [6, 6.07) is 0. The Hall–Kier alpha value is -0.0800. The van der Waals surface area contributed by atoms with Crippen molar-refractivity contribution in [2.24, 2.45) is 0 Å². The van der Waals surface area contributed by atoms with Crippen LogP contribution in [0.1, 0.15) is 26.7 Å². The largest absolute Gasteiger partial charge is 0.366 e. The summed E-state index contributed by atoms with van der Waals surface area (Å²) >= 11 is 0. The molecule has 0 aromatic rings. The second-order valence-electron chi connectivity index (χ2n) is 2.53. The summed E-state index contributed by atoms with van der Waals surface area (Å²) in [7, 11) is 0. The maximum Gasteiger partial charge on any atom is 0.184 e. The molecule has 1 heterocycles. The van der Waals surface area contributed by atoms with Crippen molar-refractivity contribution in [3.8, 4) is 0 Å². The molecule has 1 N–H and O–H groups in total. The summed E-state index contributed by atoms with van der Waals surface area (Å²) < 4.78 is 4.90. The van der Waals surface area contributed by atoms with Crippen LogP contribution < -0.4 is 0 Å². The first kappa shape index (κ1) is 6.05. The number of hydrogen-bond donors (Lipinski definition) is 1. The highest BCUT2D eigenvalue weighted by molar-refractivity contribution is 4.90. The van der Waals surface area contributed by atoms with Crippen molar-refractivity contribution in [2.75, 3.05) is 0 Å². The molecule has 2 nitrogen and oxygen atoms in total. The first-order valence-corrected chi connectivity index (χ1v) is 3.05. The van der Waals surface area contributed by atoms with Crippen LogP contribution in [0.15, 0.2) is 0 Å². The van der Waals surface area contributed by atoms with E-state index in [1.807, 2.05) is 6.92 Å². The molecule has 2 heteroatoms. The predicted molar refractivity (Wildman–Crippen MR) is 30.4 cm³/mol. The smallest absolute Gasteiger partial charge is 0.184 e. The topological polar surface area (TPSA) is 32.8 Å². The monoisotopic (exact) mass is 116 g/mol. The van der Waals surface area contributed by atoms with Gasteiger partial charge in [0.05, 0.1) is 0 Å². The van der Waals surface area contributed by atoms with Gasteiger partial charge in [-0.1, -0.05) is 13.3 Å². The molecule has 0 radical (unpaired) electrons. The molecule has 2 unspecified atom stereocenters. The molecule has 0 spiro atoms. The third-order valence-electron chi connectivity index (χ3n) is 1.59. The van der Waals surface area contributed by atoms with E-state index in [0.29, 0.717) is 0 Å². The molecule has 1 rings (SSSR count). The van der Waals surface area contributed by atoms with Crippen molar-refractivity contribution in [3.63, 3.8) is 0 Å². The van der Waals surface area contributed by atoms with Crippen LogP contribution >= 0.6 is 0 Å². The first-order chi connectivity index (χ1) is 3.69. The Kier molecular flexibility index (Phi) is 1.29. The number of aliphatic hydroxyl groups is 1. The lowest BCUT2D eigenvalue weighted by molar-refractivity contribution is 0.155. The second kappa shape index (κ2) is 1.71. The summed E-state index contributed by atoms with van der Waals surface area (Å²) in [5.41, 5.74) is -0.186. The Balaban J connectivity index is 2.25. The first-order valence-electron chi connectivity index (χ1n) is 3.05. The predicted octanol–water partition coefficient (Wildman–Crippen LogP) is 0.894. The van der Waals surface area contributed by atoms with Crippen LogP contribution in [0.2, 0.25) is 0 Å². The van der Waals surface area contributed by atoms with E-state index in [9.17, 15) is 0 Å². The van der Waals surface area contributed by atoms with E-state index in [1.165, 1.54) is 0 Å². The molecule has 0 aromatic carbocycles. The van der Waals surface area contributed by atoms with Gasteiger partial charge in [-0.25, -0.2) is 0 Å². The fraction of sp³-hybridized carbons (Fsp3) is 1.00. The average molecular weight is 116 g/mol. The Morgan fingerprint density at radius 1 is 1.75 bits per heavy atom. The van der Waals surface area contributed by atoms with Crippen LogP contribution in [0.4, 0.5) is 0 Å². The van der Waals surface area contributed by atoms with Crippen molar-refractivity contribution < 1.29 is 9.84 Å². The van der Waals surface area contributed by atoms with Crippen molar-refractivity contribution in [2.45, 2.75) is 38.6 Å². The molecule has 2 atom stereocenters. The molecular weight excluding hydrogens is 104 g/mol. The zero-order valence-electron chi connectivity index (χ0n) is 5.35. The van der Waals surface area contributed by atoms with Crippen LogP contribution in [0.5, 0.6) is 0 Å². The second-order valence-corrected chi connectivity index (χ2v) is 2.53. The summed E-state index contributed by atoms with van der Waals surface area (Å²) in [6.45, 7) is 4.01. The summed E-state index contributed by atoms with van der Waals surface area (Å²) in [6.07, 6.45) is 1.56. The van der Waals surface area contributed by atoms with Crippen LogP contribution in [0.25, 0.3) is 0 Å². The summed E-state index contributed by atoms with van der Waals surface area (Å²) in [4.78, 5) is 0. The number of aliphatic hydroxyl groups excluding tert-OH is 1. The van der Waals surface area contributed by atoms with E-state index < -0.39 is 6.29 Å². The number of hydrogen-bond acceptors (Lipinski definition) is 2. The zero-order valence-corrected chi connectivity index (χ0v) is 5.35. The molecule has 1 aliphatic rings. The van der Waals surface area contributed by atoms with E-state index in [4.69, 9.17) is 9.84 Å². The Bertz CT molecular complexity index is 92.5. The lowest BCUT2D eigenvalue weighted by Gasteiger charge is -1.97. The van der Waals surface area contributed by atoms with E-state index in [1.54, 1.807) is 0 Å². The zero-order chi connectivity index (χ0) is 6.20. The Morgan fingerprint density at radius 2 is 2.25 bits per heavy atom. The molecule has 1 fully saturated rings. The van der Waals surface area contributed by atoms with Gasteiger partial charge >= 0.3 is 0 Å². The number of epoxide rings is 1. The third kappa shape index (κ3) is 0.858. The maximum absolute atomic E-state index is 8.79. The SMILES string of the molecule is CCCC1(C)OC1O. The van der Waals surface area contributed by atoms with Crippen LogP contribution in [0.3, 0.4) is 0 Å². The van der Waals surface area contributed by atoms with Gasteiger partial charge in [0.2, 0.25) is 0 Å². The molecule has 0 amide bonds. The lowest BCUT2D eigenvalue weighted by atomic mass is 10.1. The Morgan fingerprint density at radius 3 is 2.38 bits per heavy atom. The third-order valence-corrected chi connectivity index (χ3v) is 1.59. The fourth-order valence-electron chi connectivity index (χ4n) is 0.900. The van der Waals surface area contributed by atoms with E-state index in [-0.39, 0.29) is 5.60 Å². The van der Waals surface area contributed by atoms with Crippen molar-refractivity contribution in [3.05, 3.63) is 0 Å². The minimum atomic E-state index is -0.484. The van der Waals surface area contributed by atoms with Gasteiger partial charge in [-0.2, -0.15) is 0 Å². The normalized spacial score (nSPS) is 44.6. The van der Waals surface area contributed by atoms with Gasteiger partial charge < -0.3 is 9.84 Å². The number of ether oxygens (including phenoxy) is 1. The average Bonchev–Trinajstić information content (AvgIpc) is 2.16. The highest BCUT2D eigenvalue weighted by Gasteiger charge is 2.50. The van der Waals surface area contributed by atoms with Crippen LogP contribution in [-0.4, -0.2) is 17.0 Å². The molecule has 0 saturated carbocycles. The standard InChI is InChI=1S/C6H12O2/c1-3-4-6(2)5(7)8-6/h5,7H,3-4H2,1-2H3. The van der Waals surface area contributed by atoms with Gasteiger partial charge in [-0.3, -0.25) is 0 Å². The minimum Gasteiger partial charge on any atom is -0.366 e. The van der Waals surface area contributed by atoms with E-state index >= 15 is 0 Å². The van der Waals surface area contributed by atoms with Crippen LogP contribution in [-0.2, 0) is 4.74 Å². The lowest BCUT2D eigenvalue weighted by Crippen LogP contribution is -2.07. The molecule has 0 bridgehead atoms. The molecule has 1 saturated heterocycles.